The number of nitrogens with zero attached hydrogens (tertiary/aromatic N) is 3. The maximum atomic E-state index is 13.3. The van der Waals surface area contributed by atoms with E-state index in [2.05, 4.69) is 5.32 Å². The van der Waals surface area contributed by atoms with Crippen LogP contribution in [0.25, 0.3) is 0 Å². The summed E-state index contributed by atoms with van der Waals surface area (Å²) in [7, 11) is -3.94. The second kappa shape index (κ2) is 9.06. The Balaban J connectivity index is 1.98. The minimum absolute atomic E-state index is 0.0586. The van der Waals surface area contributed by atoms with Gasteiger partial charge in [0.1, 0.15) is 4.90 Å². The fraction of sp³-hybridized carbons (Fsp3) is 0.611. The Bertz CT molecular complexity index is 869. The van der Waals surface area contributed by atoms with Gasteiger partial charge in [0.25, 0.3) is 5.69 Å². The van der Waals surface area contributed by atoms with E-state index >= 15 is 0 Å². The van der Waals surface area contributed by atoms with Crippen molar-refractivity contribution in [2.24, 2.45) is 5.92 Å². The number of piperidine rings is 1. The molecule has 2 saturated heterocycles. The average molecular weight is 426 g/mol. The molecule has 10 nitrogen and oxygen atoms in total. The Kier molecular flexibility index (Phi) is 6.70. The lowest BCUT2D eigenvalue weighted by Crippen LogP contribution is -2.44. The van der Waals surface area contributed by atoms with Crippen molar-refractivity contribution >= 4 is 27.3 Å². The van der Waals surface area contributed by atoms with Gasteiger partial charge < -0.3 is 15.0 Å². The first kappa shape index (κ1) is 21.5. The summed E-state index contributed by atoms with van der Waals surface area (Å²) in [6.07, 6.45) is 1.46. The quantitative estimate of drug-likeness (QED) is 0.531. The summed E-state index contributed by atoms with van der Waals surface area (Å²) in [5.74, 6) is -0.311. The second-order valence-electron chi connectivity index (χ2n) is 7.11. The van der Waals surface area contributed by atoms with Crippen LogP contribution in [-0.2, 0) is 19.6 Å². The normalized spacial score (nSPS) is 21.0. The van der Waals surface area contributed by atoms with Crippen LogP contribution in [0.2, 0.25) is 0 Å². The molecule has 2 aliphatic heterocycles. The summed E-state index contributed by atoms with van der Waals surface area (Å²) >= 11 is 0. The maximum Gasteiger partial charge on any atom is 0.270 e. The molecule has 0 aromatic heterocycles. The van der Waals surface area contributed by atoms with Crippen molar-refractivity contribution in [3.05, 3.63) is 28.3 Å². The van der Waals surface area contributed by atoms with E-state index in [1.54, 1.807) is 0 Å². The molecule has 160 valence electrons. The van der Waals surface area contributed by atoms with Gasteiger partial charge in [-0.3, -0.25) is 14.9 Å². The Labute approximate surface area is 170 Å². The fourth-order valence-corrected chi connectivity index (χ4v) is 5.38. The monoisotopic (exact) mass is 426 g/mol. The SMILES string of the molecule is CCNC(=O)C1CCCN(c2ccc([N+](=O)[O-])cc2S(=O)(=O)N2CCOCC2)C1. The lowest BCUT2D eigenvalue weighted by molar-refractivity contribution is -0.385. The van der Waals surface area contributed by atoms with Gasteiger partial charge >= 0.3 is 0 Å². The molecule has 1 aromatic rings. The number of sulfonamides is 1. The Morgan fingerprint density at radius 2 is 2.03 bits per heavy atom. The van der Waals surface area contributed by atoms with Gasteiger partial charge in [-0.2, -0.15) is 4.31 Å². The number of benzene rings is 1. The summed E-state index contributed by atoms with van der Waals surface area (Å²) in [6.45, 7) is 4.30. The number of anilines is 1. The number of non-ortho nitro benzene ring substituents is 1. The highest BCUT2D eigenvalue weighted by Crippen LogP contribution is 2.34. The topological polar surface area (TPSA) is 122 Å². The van der Waals surface area contributed by atoms with Crippen LogP contribution in [-0.4, -0.2) is 69.5 Å². The zero-order valence-electron chi connectivity index (χ0n) is 16.4. The third-order valence-electron chi connectivity index (χ3n) is 5.23. The summed E-state index contributed by atoms with van der Waals surface area (Å²) in [4.78, 5) is 24.7. The van der Waals surface area contributed by atoms with Crippen LogP contribution in [0.4, 0.5) is 11.4 Å². The number of hydrogen-bond donors (Lipinski definition) is 1. The number of carbonyl (C=O) groups is 1. The summed E-state index contributed by atoms with van der Waals surface area (Å²) < 4.78 is 33.1. The highest BCUT2D eigenvalue weighted by atomic mass is 32.2. The van der Waals surface area contributed by atoms with Crippen LogP contribution in [0.15, 0.2) is 23.1 Å². The molecule has 0 spiro atoms. The number of rotatable bonds is 6. The Hall–Kier alpha value is -2.24. The number of amides is 1. The molecule has 1 N–H and O–H groups in total. The number of nitrogens with one attached hydrogen (secondary N) is 1. The second-order valence-corrected chi connectivity index (χ2v) is 9.01. The van der Waals surface area contributed by atoms with E-state index in [1.807, 2.05) is 11.8 Å². The van der Waals surface area contributed by atoms with Gasteiger partial charge in [-0.05, 0) is 25.8 Å². The van der Waals surface area contributed by atoms with Crippen molar-refractivity contribution < 1.29 is 22.9 Å². The maximum absolute atomic E-state index is 13.3. The van der Waals surface area contributed by atoms with Crippen molar-refractivity contribution in [2.45, 2.75) is 24.7 Å². The minimum Gasteiger partial charge on any atom is -0.379 e. The van der Waals surface area contributed by atoms with E-state index in [0.29, 0.717) is 25.3 Å². The molecule has 0 aliphatic carbocycles. The molecular formula is C18H26N4O6S. The molecule has 1 unspecified atom stereocenters. The number of morpholine rings is 1. The van der Waals surface area contributed by atoms with Crippen LogP contribution < -0.4 is 10.2 Å². The van der Waals surface area contributed by atoms with Crippen molar-refractivity contribution in [3.8, 4) is 0 Å². The molecule has 0 radical (unpaired) electrons. The molecule has 3 rings (SSSR count). The molecule has 2 aliphatic rings. The first-order valence-corrected chi connectivity index (χ1v) is 11.2. The number of hydrogen-bond acceptors (Lipinski definition) is 7. The van der Waals surface area contributed by atoms with Crippen LogP contribution >= 0.6 is 0 Å². The zero-order valence-corrected chi connectivity index (χ0v) is 17.2. The lowest BCUT2D eigenvalue weighted by atomic mass is 9.96. The van der Waals surface area contributed by atoms with E-state index in [-0.39, 0.29) is 48.7 Å². The molecule has 0 bridgehead atoms. The molecule has 0 saturated carbocycles. The first-order chi connectivity index (χ1) is 13.8. The molecule has 1 amide bonds. The standard InChI is InChI=1S/C18H26N4O6S/c1-2-19-18(23)14-4-3-7-20(13-14)16-6-5-15(22(24)25)12-17(16)29(26,27)21-8-10-28-11-9-21/h5-6,12,14H,2-4,7-11,13H2,1H3,(H,19,23). The summed E-state index contributed by atoms with van der Waals surface area (Å²) in [5, 5.41) is 14.1. The van der Waals surface area contributed by atoms with Crippen molar-refractivity contribution in [1.29, 1.82) is 0 Å². The highest BCUT2D eigenvalue weighted by molar-refractivity contribution is 7.89. The fourth-order valence-electron chi connectivity index (χ4n) is 3.74. The average Bonchev–Trinajstić information content (AvgIpc) is 2.74. The van der Waals surface area contributed by atoms with Gasteiger partial charge in [0, 0.05) is 44.9 Å². The van der Waals surface area contributed by atoms with Crippen LogP contribution in [0, 0.1) is 16.0 Å². The predicted octanol–water partition coefficient (Wildman–Crippen LogP) is 0.968. The van der Waals surface area contributed by atoms with E-state index in [9.17, 15) is 23.3 Å². The number of ether oxygens (including phenoxy) is 1. The van der Waals surface area contributed by atoms with Gasteiger partial charge in [-0.1, -0.05) is 0 Å². The molecule has 1 atom stereocenters. The third kappa shape index (κ3) is 4.68. The largest absolute Gasteiger partial charge is 0.379 e. The van der Waals surface area contributed by atoms with Crippen LogP contribution in [0.1, 0.15) is 19.8 Å². The van der Waals surface area contributed by atoms with Crippen LogP contribution in [0.5, 0.6) is 0 Å². The van der Waals surface area contributed by atoms with E-state index < -0.39 is 14.9 Å². The van der Waals surface area contributed by atoms with E-state index in [0.717, 1.165) is 18.9 Å². The lowest BCUT2D eigenvalue weighted by Gasteiger charge is -2.35. The zero-order chi connectivity index (χ0) is 21.0. The van der Waals surface area contributed by atoms with Crippen molar-refractivity contribution in [3.63, 3.8) is 0 Å². The highest BCUT2D eigenvalue weighted by Gasteiger charge is 2.34. The smallest absolute Gasteiger partial charge is 0.270 e. The molecule has 2 heterocycles. The Morgan fingerprint density at radius 1 is 1.31 bits per heavy atom. The molecule has 29 heavy (non-hydrogen) atoms. The summed E-state index contributed by atoms with van der Waals surface area (Å²) in [6, 6.07) is 3.91. The predicted molar refractivity (Wildman–Crippen MR) is 106 cm³/mol. The molecule has 1 aromatic carbocycles. The first-order valence-electron chi connectivity index (χ1n) is 9.73. The molecule has 11 heteroatoms. The van der Waals surface area contributed by atoms with E-state index in [4.69, 9.17) is 4.74 Å². The number of nitro groups is 1. The minimum atomic E-state index is -3.94. The van der Waals surface area contributed by atoms with E-state index in [1.165, 1.54) is 16.4 Å². The third-order valence-corrected chi connectivity index (χ3v) is 7.15. The van der Waals surface area contributed by atoms with Gasteiger partial charge in [-0.25, -0.2) is 8.42 Å². The van der Waals surface area contributed by atoms with Gasteiger partial charge in [0.05, 0.1) is 29.7 Å². The van der Waals surface area contributed by atoms with Gasteiger partial charge in [0.15, 0.2) is 0 Å². The van der Waals surface area contributed by atoms with Crippen molar-refractivity contribution in [1.82, 2.24) is 9.62 Å². The Morgan fingerprint density at radius 3 is 2.69 bits per heavy atom. The molecule has 2 fully saturated rings. The molecular weight excluding hydrogens is 400 g/mol. The number of nitro benzene ring substituents is 1. The van der Waals surface area contributed by atoms with Gasteiger partial charge in [0.2, 0.25) is 15.9 Å². The summed E-state index contributed by atoms with van der Waals surface area (Å²) in [5.41, 5.74) is 0.119. The van der Waals surface area contributed by atoms with Gasteiger partial charge in [-0.15, -0.1) is 0 Å². The van der Waals surface area contributed by atoms with Crippen molar-refractivity contribution in [2.75, 3.05) is 50.8 Å². The van der Waals surface area contributed by atoms with Crippen LogP contribution in [0.3, 0.4) is 0 Å². The number of carbonyl (C=O) groups excluding carboxylic acids is 1.